The highest BCUT2D eigenvalue weighted by Gasteiger charge is 2.25. The second kappa shape index (κ2) is 13.6. The van der Waals surface area contributed by atoms with Crippen LogP contribution < -0.4 is 16.0 Å². The number of nitrogens with zero attached hydrogens (tertiary/aromatic N) is 2. The van der Waals surface area contributed by atoms with E-state index in [0.717, 1.165) is 31.2 Å². The van der Waals surface area contributed by atoms with E-state index in [-0.39, 0.29) is 41.8 Å². The van der Waals surface area contributed by atoms with E-state index in [0.29, 0.717) is 37.4 Å². The molecule has 9 heteroatoms. The summed E-state index contributed by atoms with van der Waals surface area (Å²) in [6, 6.07) is 7.25. The molecule has 1 unspecified atom stereocenters. The lowest BCUT2D eigenvalue weighted by atomic mass is 10.2. The number of benzene rings is 1. The second-order valence-corrected chi connectivity index (χ2v) is 7.18. The number of aliphatic imine (C=N–C) groups is 1. The molecule has 162 valence electrons. The molecule has 1 aromatic carbocycles. The highest BCUT2D eigenvalue weighted by atomic mass is 127. The molecule has 1 fully saturated rings. The van der Waals surface area contributed by atoms with Crippen molar-refractivity contribution in [1.29, 1.82) is 0 Å². The average Bonchev–Trinajstić information content (AvgIpc) is 3.15. The molecule has 29 heavy (non-hydrogen) atoms. The summed E-state index contributed by atoms with van der Waals surface area (Å²) in [4.78, 5) is 30.3. The molecule has 1 aliphatic heterocycles. The summed E-state index contributed by atoms with van der Waals surface area (Å²) in [5, 5.41) is 10.1. The van der Waals surface area contributed by atoms with Gasteiger partial charge >= 0.3 is 0 Å². The van der Waals surface area contributed by atoms with Crippen molar-refractivity contribution in [3.63, 3.8) is 0 Å². The van der Waals surface area contributed by atoms with Crippen molar-refractivity contribution < 1.29 is 9.59 Å². The zero-order valence-corrected chi connectivity index (χ0v) is 20.1. The van der Waals surface area contributed by atoms with E-state index in [2.05, 4.69) is 20.9 Å². The fourth-order valence-electron chi connectivity index (χ4n) is 3.03. The average molecular weight is 536 g/mol. The highest BCUT2D eigenvalue weighted by molar-refractivity contribution is 14.0. The molecule has 2 rings (SSSR count). The zero-order chi connectivity index (χ0) is 20.4. The van der Waals surface area contributed by atoms with Crippen molar-refractivity contribution in [2.45, 2.75) is 45.6 Å². The summed E-state index contributed by atoms with van der Waals surface area (Å²) in [7, 11) is 0. The molecule has 2 amide bonds. The number of hydrogen-bond acceptors (Lipinski definition) is 3. The van der Waals surface area contributed by atoms with Gasteiger partial charge in [-0.05, 0) is 44.0 Å². The van der Waals surface area contributed by atoms with E-state index in [9.17, 15) is 9.59 Å². The van der Waals surface area contributed by atoms with Gasteiger partial charge in [-0.1, -0.05) is 18.5 Å². The van der Waals surface area contributed by atoms with Crippen LogP contribution in [0.15, 0.2) is 29.3 Å². The van der Waals surface area contributed by atoms with Crippen LogP contribution in [0.4, 0.5) is 5.69 Å². The van der Waals surface area contributed by atoms with Gasteiger partial charge < -0.3 is 20.9 Å². The number of amides is 2. The van der Waals surface area contributed by atoms with Crippen molar-refractivity contribution in [2.75, 3.05) is 31.5 Å². The minimum atomic E-state index is -0.0417. The van der Waals surface area contributed by atoms with Gasteiger partial charge in [0, 0.05) is 55.8 Å². The number of halogens is 2. The molecule has 0 spiro atoms. The Morgan fingerprint density at radius 1 is 1.24 bits per heavy atom. The lowest BCUT2D eigenvalue weighted by Gasteiger charge is -2.18. The van der Waals surface area contributed by atoms with E-state index in [1.807, 2.05) is 18.7 Å². The third kappa shape index (κ3) is 9.20. The predicted molar refractivity (Wildman–Crippen MR) is 129 cm³/mol. The smallest absolute Gasteiger partial charge is 0.224 e. The number of hydrogen-bond donors (Lipinski definition) is 3. The van der Waals surface area contributed by atoms with Crippen LogP contribution in [0.25, 0.3) is 0 Å². The van der Waals surface area contributed by atoms with Gasteiger partial charge in [0.1, 0.15) is 0 Å². The molecule has 3 N–H and O–H groups in total. The predicted octanol–water partition coefficient (Wildman–Crippen LogP) is 3.24. The van der Waals surface area contributed by atoms with Crippen molar-refractivity contribution >= 4 is 59.0 Å². The fourth-order valence-corrected chi connectivity index (χ4v) is 3.15. The van der Waals surface area contributed by atoms with E-state index < -0.39 is 0 Å². The third-order valence-corrected chi connectivity index (χ3v) is 4.74. The quantitative estimate of drug-likeness (QED) is 0.206. The number of carbonyl (C=O) groups is 2. The van der Waals surface area contributed by atoms with E-state index in [4.69, 9.17) is 11.6 Å². The monoisotopic (exact) mass is 535 g/mol. The maximum atomic E-state index is 12.0. The number of guanidine groups is 1. The molecule has 1 heterocycles. The zero-order valence-electron chi connectivity index (χ0n) is 17.0. The summed E-state index contributed by atoms with van der Waals surface area (Å²) in [5.74, 6) is 0.884. The van der Waals surface area contributed by atoms with E-state index in [1.54, 1.807) is 24.3 Å². The van der Waals surface area contributed by atoms with Gasteiger partial charge in [0.2, 0.25) is 11.8 Å². The molecule has 0 bridgehead atoms. The first-order chi connectivity index (χ1) is 13.5. The first-order valence-corrected chi connectivity index (χ1v) is 10.3. The SMILES string of the molecule is CCNC(=NCCCC(=O)Nc1ccc(Cl)cc1)NC1CCN(C(=O)CC)C1.I. The van der Waals surface area contributed by atoms with Crippen molar-refractivity contribution in [1.82, 2.24) is 15.5 Å². The Labute approximate surface area is 195 Å². The van der Waals surface area contributed by atoms with Crippen LogP contribution in [0.5, 0.6) is 0 Å². The largest absolute Gasteiger partial charge is 0.357 e. The number of nitrogens with one attached hydrogen (secondary N) is 3. The molecular formula is C20H31ClIN5O2. The van der Waals surface area contributed by atoms with Crippen molar-refractivity contribution in [2.24, 2.45) is 4.99 Å². The molecule has 0 saturated carbocycles. The second-order valence-electron chi connectivity index (χ2n) is 6.74. The van der Waals surface area contributed by atoms with Crippen molar-refractivity contribution in [3.05, 3.63) is 29.3 Å². The van der Waals surface area contributed by atoms with Gasteiger partial charge in [-0.3, -0.25) is 14.6 Å². The van der Waals surface area contributed by atoms with Crippen LogP contribution in [0.2, 0.25) is 5.02 Å². The molecular weight excluding hydrogens is 505 g/mol. The van der Waals surface area contributed by atoms with Crippen LogP contribution in [0.3, 0.4) is 0 Å². The molecule has 1 atom stereocenters. The molecule has 1 saturated heterocycles. The highest BCUT2D eigenvalue weighted by Crippen LogP contribution is 2.14. The van der Waals surface area contributed by atoms with E-state index >= 15 is 0 Å². The number of anilines is 1. The summed E-state index contributed by atoms with van der Waals surface area (Å²) in [5.41, 5.74) is 0.736. The van der Waals surface area contributed by atoms with Gasteiger partial charge in [-0.25, -0.2) is 0 Å². The van der Waals surface area contributed by atoms with Gasteiger partial charge in [-0.15, -0.1) is 24.0 Å². The summed E-state index contributed by atoms with van der Waals surface area (Å²) in [6.45, 7) is 6.70. The minimum absolute atomic E-state index is 0. The van der Waals surface area contributed by atoms with Crippen LogP contribution in [0.1, 0.15) is 39.5 Å². The minimum Gasteiger partial charge on any atom is -0.357 e. The Kier molecular flexibility index (Phi) is 12.0. The topological polar surface area (TPSA) is 85.8 Å². The summed E-state index contributed by atoms with van der Waals surface area (Å²) in [6.07, 6.45) is 2.51. The number of rotatable bonds is 8. The summed E-state index contributed by atoms with van der Waals surface area (Å²) < 4.78 is 0. The van der Waals surface area contributed by atoms with Gasteiger partial charge in [0.05, 0.1) is 0 Å². The van der Waals surface area contributed by atoms with E-state index in [1.165, 1.54) is 0 Å². The van der Waals surface area contributed by atoms with Crippen LogP contribution >= 0.6 is 35.6 Å². The maximum Gasteiger partial charge on any atom is 0.224 e. The number of carbonyl (C=O) groups excluding carboxylic acids is 2. The first-order valence-electron chi connectivity index (χ1n) is 9.89. The molecule has 0 aliphatic carbocycles. The molecule has 7 nitrogen and oxygen atoms in total. The lowest BCUT2D eigenvalue weighted by Crippen LogP contribution is -2.45. The molecule has 1 aliphatic rings. The van der Waals surface area contributed by atoms with Crippen LogP contribution in [-0.4, -0.2) is 54.9 Å². The third-order valence-electron chi connectivity index (χ3n) is 4.49. The Balaban J connectivity index is 0.00000420. The van der Waals surface area contributed by atoms with Gasteiger partial charge in [0.25, 0.3) is 0 Å². The lowest BCUT2D eigenvalue weighted by molar-refractivity contribution is -0.129. The normalized spacial score (nSPS) is 16.2. The standard InChI is InChI=1S/C20H30ClN5O2.HI/c1-3-19(28)26-13-11-17(14-26)25-20(22-4-2)23-12-5-6-18(27)24-16-9-7-15(21)8-10-16;/h7-10,17H,3-6,11-14H2,1-2H3,(H,24,27)(H2,22,23,25);1H. The fraction of sp³-hybridized carbons (Fsp3) is 0.550. The molecule has 1 aromatic rings. The Bertz CT molecular complexity index is 684. The molecule has 0 aromatic heterocycles. The van der Waals surface area contributed by atoms with Gasteiger partial charge in [-0.2, -0.15) is 0 Å². The Morgan fingerprint density at radius 3 is 2.62 bits per heavy atom. The Hall–Kier alpha value is -1.55. The Morgan fingerprint density at radius 2 is 1.97 bits per heavy atom. The summed E-state index contributed by atoms with van der Waals surface area (Å²) >= 11 is 5.84. The first kappa shape index (κ1) is 25.5. The van der Waals surface area contributed by atoms with Gasteiger partial charge in [0.15, 0.2) is 5.96 Å². The van der Waals surface area contributed by atoms with Crippen molar-refractivity contribution in [3.8, 4) is 0 Å². The molecule has 0 radical (unpaired) electrons. The maximum absolute atomic E-state index is 12.0. The number of likely N-dealkylation sites (tertiary alicyclic amines) is 1. The van der Waals surface area contributed by atoms with Crippen LogP contribution in [-0.2, 0) is 9.59 Å². The van der Waals surface area contributed by atoms with Crippen LogP contribution in [0, 0.1) is 0 Å².